The van der Waals surface area contributed by atoms with Crippen LogP contribution in [0.1, 0.15) is 43.8 Å². The number of aromatic nitrogens is 2. The predicted octanol–water partition coefficient (Wildman–Crippen LogP) is 3.35. The van der Waals surface area contributed by atoms with Crippen LogP contribution in [-0.4, -0.2) is 36.0 Å². The van der Waals surface area contributed by atoms with Gasteiger partial charge in [-0.15, -0.1) is 0 Å². The zero-order chi connectivity index (χ0) is 18.5. The van der Waals surface area contributed by atoms with Crippen LogP contribution >= 0.6 is 0 Å². The number of benzene rings is 1. The number of nitrogens with zero attached hydrogens (tertiary/aromatic N) is 3. The molecule has 144 valence electrons. The van der Waals surface area contributed by atoms with E-state index in [1.54, 1.807) is 7.05 Å². The van der Waals surface area contributed by atoms with Crippen molar-refractivity contribution < 1.29 is 9.47 Å². The number of aliphatic imine (C=N–C) groups is 1. The van der Waals surface area contributed by atoms with Gasteiger partial charge in [0, 0.05) is 31.4 Å². The zero-order valence-corrected chi connectivity index (χ0v) is 15.8. The Morgan fingerprint density at radius 3 is 2.78 bits per heavy atom. The van der Waals surface area contributed by atoms with E-state index in [0.29, 0.717) is 31.8 Å². The minimum atomic E-state index is 0.568. The normalized spacial score (nSPS) is 17.6. The van der Waals surface area contributed by atoms with Gasteiger partial charge >= 0.3 is 0 Å². The number of hydrogen-bond donors (Lipinski definition) is 2. The van der Waals surface area contributed by atoms with Crippen molar-refractivity contribution in [3.8, 4) is 11.5 Å². The van der Waals surface area contributed by atoms with Gasteiger partial charge in [-0.25, -0.2) is 0 Å². The van der Waals surface area contributed by atoms with Crippen molar-refractivity contribution in [3.63, 3.8) is 0 Å². The summed E-state index contributed by atoms with van der Waals surface area (Å²) in [6.07, 6.45) is 8.08. The molecule has 0 bridgehead atoms. The summed E-state index contributed by atoms with van der Waals surface area (Å²) >= 11 is 0. The van der Waals surface area contributed by atoms with Crippen LogP contribution in [0.3, 0.4) is 0 Å². The van der Waals surface area contributed by atoms with Crippen molar-refractivity contribution in [3.05, 3.63) is 36.2 Å². The lowest BCUT2D eigenvalue weighted by Crippen LogP contribution is -2.30. The third-order valence-corrected chi connectivity index (χ3v) is 5.03. The first-order chi connectivity index (χ1) is 13.3. The summed E-state index contributed by atoms with van der Waals surface area (Å²) in [5.41, 5.74) is 1.92. The van der Waals surface area contributed by atoms with Gasteiger partial charge in [-0.3, -0.25) is 9.67 Å². The average Bonchev–Trinajstić information content (AvgIpc) is 3.33. The quantitative estimate of drug-likeness (QED) is 0.639. The van der Waals surface area contributed by atoms with E-state index < -0.39 is 0 Å². The molecule has 7 heteroatoms. The average molecular weight is 369 g/mol. The van der Waals surface area contributed by atoms with Gasteiger partial charge in [-0.2, -0.15) is 5.10 Å². The van der Waals surface area contributed by atoms with Crippen LogP contribution in [0.15, 0.2) is 35.5 Å². The first kappa shape index (κ1) is 17.7. The first-order valence-corrected chi connectivity index (χ1v) is 9.73. The molecule has 0 unspecified atom stereocenters. The smallest absolute Gasteiger partial charge is 0.195 e. The lowest BCUT2D eigenvalue weighted by molar-refractivity contribution is 0.297. The molecule has 1 aliphatic carbocycles. The molecule has 1 aliphatic heterocycles. The number of guanidine groups is 1. The molecule has 1 saturated carbocycles. The SMILES string of the molecule is CN=C(NCc1ccn(C2CCCC2)n1)Nc1ccc2c(c1)OCCCO2. The molecule has 0 amide bonds. The Balaban J connectivity index is 1.35. The molecule has 2 heterocycles. The number of fused-ring (bicyclic) bond motifs is 1. The van der Waals surface area contributed by atoms with Crippen molar-refractivity contribution in [1.82, 2.24) is 15.1 Å². The molecule has 2 N–H and O–H groups in total. The molecule has 2 aromatic rings. The maximum atomic E-state index is 5.75. The number of nitrogens with one attached hydrogen (secondary N) is 2. The Labute approximate surface area is 159 Å². The van der Waals surface area contributed by atoms with Crippen molar-refractivity contribution in [2.75, 3.05) is 25.6 Å². The molecule has 1 fully saturated rings. The van der Waals surface area contributed by atoms with Crippen LogP contribution in [-0.2, 0) is 6.54 Å². The van der Waals surface area contributed by atoms with Gasteiger partial charge in [0.1, 0.15) is 0 Å². The highest BCUT2D eigenvalue weighted by Gasteiger charge is 2.17. The van der Waals surface area contributed by atoms with Gasteiger partial charge in [0.2, 0.25) is 0 Å². The van der Waals surface area contributed by atoms with E-state index in [1.165, 1.54) is 25.7 Å². The first-order valence-electron chi connectivity index (χ1n) is 9.73. The Kier molecular flexibility index (Phi) is 5.46. The minimum Gasteiger partial charge on any atom is -0.490 e. The van der Waals surface area contributed by atoms with Crippen LogP contribution in [0.2, 0.25) is 0 Å². The van der Waals surface area contributed by atoms with E-state index in [2.05, 4.69) is 32.6 Å². The summed E-state index contributed by atoms with van der Waals surface area (Å²) in [6, 6.07) is 8.49. The molecule has 2 aliphatic rings. The molecule has 0 atom stereocenters. The molecule has 1 aromatic carbocycles. The Hall–Kier alpha value is -2.70. The minimum absolute atomic E-state index is 0.568. The van der Waals surface area contributed by atoms with Crippen LogP contribution in [0, 0.1) is 0 Å². The van der Waals surface area contributed by atoms with E-state index >= 15 is 0 Å². The Morgan fingerprint density at radius 2 is 1.96 bits per heavy atom. The zero-order valence-electron chi connectivity index (χ0n) is 15.8. The second kappa shape index (κ2) is 8.33. The van der Waals surface area contributed by atoms with Crippen molar-refractivity contribution in [2.45, 2.75) is 44.7 Å². The molecular weight excluding hydrogens is 342 g/mol. The number of anilines is 1. The summed E-state index contributed by atoms with van der Waals surface area (Å²) in [5.74, 6) is 2.25. The summed E-state index contributed by atoms with van der Waals surface area (Å²) in [6.45, 7) is 1.99. The molecule has 4 rings (SSSR count). The van der Waals surface area contributed by atoms with E-state index in [0.717, 1.165) is 29.3 Å². The van der Waals surface area contributed by atoms with Gasteiger partial charge in [0.15, 0.2) is 17.5 Å². The highest BCUT2D eigenvalue weighted by Crippen LogP contribution is 2.32. The number of rotatable bonds is 4. The molecule has 7 nitrogen and oxygen atoms in total. The third kappa shape index (κ3) is 4.35. The standard InChI is InChI=1S/C20H27N5O2/c1-21-20(22-14-16-9-10-25(24-16)17-5-2-3-6-17)23-15-7-8-18-19(13-15)27-12-4-11-26-18/h7-10,13,17H,2-6,11-12,14H2,1H3,(H2,21,22,23). The van der Waals surface area contributed by atoms with Gasteiger partial charge in [0.05, 0.1) is 31.5 Å². The van der Waals surface area contributed by atoms with Crippen molar-refractivity contribution in [1.29, 1.82) is 0 Å². The number of hydrogen-bond acceptors (Lipinski definition) is 4. The molecule has 0 radical (unpaired) electrons. The van der Waals surface area contributed by atoms with Crippen LogP contribution < -0.4 is 20.1 Å². The van der Waals surface area contributed by atoms with Crippen molar-refractivity contribution >= 4 is 11.6 Å². The fraction of sp³-hybridized carbons (Fsp3) is 0.500. The highest BCUT2D eigenvalue weighted by atomic mass is 16.5. The summed E-state index contributed by atoms with van der Waals surface area (Å²) in [7, 11) is 1.76. The number of ether oxygens (including phenoxy) is 2. The van der Waals surface area contributed by atoms with Gasteiger partial charge in [-0.1, -0.05) is 12.8 Å². The maximum Gasteiger partial charge on any atom is 0.195 e. The topological polar surface area (TPSA) is 72.7 Å². The van der Waals surface area contributed by atoms with E-state index in [1.807, 2.05) is 18.2 Å². The predicted molar refractivity (Wildman–Crippen MR) is 106 cm³/mol. The molecule has 1 aromatic heterocycles. The van der Waals surface area contributed by atoms with Gasteiger partial charge in [0.25, 0.3) is 0 Å². The summed E-state index contributed by atoms with van der Waals surface area (Å²) < 4.78 is 13.5. The Morgan fingerprint density at radius 1 is 1.15 bits per heavy atom. The largest absolute Gasteiger partial charge is 0.490 e. The van der Waals surface area contributed by atoms with Crippen LogP contribution in [0.4, 0.5) is 5.69 Å². The van der Waals surface area contributed by atoms with Gasteiger partial charge in [-0.05, 0) is 31.0 Å². The summed E-state index contributed by atoms with van der Waals surface area (Å²) in [5, 5.41) is 11.3. The molecule has 0 saturated heterocycles. The second-order valence-electron chi connectivity index (χ2n) is 6.99. The Bertz CT molecular complexity index is 795. The monoisotopic (exact) mass is 369 g/mol. The third-order valence-electron chi connectivity index (χ3n) is 5.03. The van der Waals surface area contributed by atoms with Crippen LogP contribution in [0.5, 0.6) is 11.5 Å². The summed E-state index contributed by atoms with van der Waals surface area (Å²) in [4.78, 5) is 4.30. The van der Waals surface area contributed by atoms with E-state index in [-0.39, 0.29) is 0 Å². The lowest BCUT2D eigenvalue weighted by atomic mass is 10.3. The maximum absolute atomic E-state index is 5.75. The van der Waals surface area contributed by atoms with Crippen molar-refractivity contribution in [2.24, 2.45) is 4.99 Å². The lowest BCUT2D eigenvalue weighted by Gasteiger charge is -2.13. The fourth-order valence-electron chi connectivity index (χ4n) is 3.58. The van der Waals surface area contributed by atoms with E-state index in [4.69, 9.17) is 14.6 Å². The van der Waals surface area contributed by atoms with Crippen LogP contribution in [0.25, 0.3) is 0 Å². The fourth-order valence-corrected chi connectivity index (χ4v) is 3.58. The van der Waals surface area contributed by atoms with E-state index in [9.17, 15) is 0 Å². The second-order valence-corrected chi connectivity index (χ2v) is 6.99. The molecule has 0 spiro atoms. The highest BCUT2D eigenvalue weighted by molar-refractivity contribution is 5.93. The molecule has 27 heavy (non-hydrogen) atoms. The van der Waals surface area contributed by atoms with Gasteiger partial charge < -0.3 is 20.1 Å². The molecular formula is C20H27N5O2.